The van der Waals surface area contributed by atoms with Gasteiger partial charge in [0.15, 0.2) is 5.75 Å². The Morgan fingerprint density at radius 1 is 1.14 bits per heavy atom. The average molecular weight is 281 g/mol. The fraction of sp³-hybridized carbons (Fsp3) is 0.333. The fourth-order valence-electron chi connectivity index (χ4n) is 0.657. The van der Waals surface area contributed by atoms with E-state index in [0.29, 0.717) is 5.75 Å². The van der Waals surface area contributed by atoms with E-state index < -0.39 is 0 Å². The van der Waals surface area contributed by atoms with Crippen molar-refractivity contribution in [3.63, 3.8) is 0 Å². The van der Waals surface area contributed by atoms with Crippen LogP contribution in [-0.2, 0) is 9.20 Å². The van der Waals surface area contributed by atoms with E-state index in [1.165, 1.54) is 0 Å². The molecule has 0 aromatic heterocycles. The molecule has 0 bridgehead atoms. The van der Waals surface area contributed by atoms with E-state index in [0.717, 1.165) is 0 Å². The summed E-state index contributed by atoms with van der Waals surface area (Å²) < 4.78 is 9.98. The van der Waals surface area contributed by atoms with E-state index in [9.17, 15) is 0 Å². The van der Waals surface area contributed by atoms with E-state index in [4.69, 9.17) is 14.1 Å². The fourth-order valence-corrected chi connectivity index (χ4v) is 1.02. The van der Waals surface area contributed by atoms with E-state index in [2.05, 4.69) is 0 Å². The van der Waals surface area contributed by atoms with Crippen molar-refractivity contribution in [1.29, 1.82) is 0 Å². The zero-order valence-corrected chi connectivity index (χ0v) is 10.8. The quantitative estimate of drug-likeness (QED) is 0.358. The summed E-state index contributed by atoms with van der Waals surface area (Å²) in [6.45, 7) is 3.89. The summed E-state index contributed by atoms with van der Waals surface area (Å²) in [6, 6.07) is 9.32. The number of hydrogen-bond donors (Lipinski definition) is 0. The van der Waals surface area contributed by atoms with Crippen molar-refractivity contribution in [3.8, 4) is 5.75 Å². The molecule has 1 aromatic rings. The highest BCUT2D eigenvalue weighted by atomic mass is 79.9. The lowest BCUT2D eigenvalue weighted by Gasteiger charge is -2.06. The van der Waals surface area contributed by atoms with Crippen LogP contribution in [-0.4, -0.2) is 6.10 Å². The number of hydrogen-bond acceptors (Lipinski definition) is 3. The smallest absolute Gasteiger partial charge is 0.208 e. The first-order chi connectivity index (χ1) is 6.29. The van der Waals surface area contributed by atoms with Gasteiger partial charge in [-0.15, -0.1) is 21.7 Å². The highest BCUT2D eigenvalue weighted by molar-refractivity contribution is 8.93. The van der Waals surface area contributed by atoms with Crippen LogP contribution in [0.3, 0.4) is 0 Å². The molecule has 0 amide bonds. The highest BCUT2D eigenvalue weighted by Crippen LogP contribution is 2.19. The summed E-state index contributed by atoms with van der Waals surface area (Å²) in [5.41, 5.74) is 0. The van der Waals surface area contributed by atoms with Crippen LogP contribution in [0.5, 0.6) is 5.75 Å². The van der Waals surface area contributed by atoms with Crippen molar-refractivity contribution in [2.45, 2.75) is 20.0 Å². The third-order valence-corrected chi connectivity index (χ3v) is 1.92. The molecule has 0 spiro atoms. The molecule has 5 heteroatoms. The van der Waals surface area contributed by atoms with Crippen LogP contribution < -0.4 is 4.89 Å². The third-order valence-electron chi connectivity index (χ3n) is 1.20. The van der Waals surface area contributed by atoms with E-state index >= 15 is 0 Å². The number of para-hydroxylation sites is 1. The maximum Gasteiger partial charge on any atom is 0.208 e. The molecule has 1 aromatic carbocycles. The van der Waals surface area contributed by atoms with Crippen molar-refractivity contribution in [1.82, 2.24) is 0 Å². The van der Waals surface area contributed by atoms with Gasteiger partial charge in [0.1, 0.15) is 0 Å². The molecule has 0 aliphatic carbocycles. The second-order valence-corrected chi connectivity index (χ2v) is 3.30. The Hall–Kier alpha value is -0.150. The predicted octanol–water partition coefficient (Wildman–Crippen LogP) is 3.51. The Balaban J connectivity index is 0.00000169. The van der Waals surface area contributed by atoms with Crippen LogP contribution in [0.4, 0.5) is 0 Å². The Bertz CT molecular complexity index is 231. The van der Waals surface area contributed by atoms with Crippen molar-refractivity contribution >= 4 is 26.0 Å². The molecule has 0 saturated heterocycles. The summed E-state index contributed by atoms with van der Waals surface area (Å²) in [7, 11) is -0.0841. The lowest BCUT2D eigenvalue weighted by atomic mass is 10.3. The topological polar surface area (TPSA) is 27.7 Å². The van der Waals surface area contributed by atoms with Gasteiger partial charge in [-0.25, -0.2) is 0 Å². The van der Waals surface area contributed by atoms with Gasteiger partial charge in [-0.1, -0.05) is 18.2 Å². The largest absolute Gasteiger partial charge is 0.332 e. The van der Waals surface area contributed by atoms with Gasteiger partial charge in [0.25, 0.3) is 0 Å². The molecule has 14 heavy (non-hydrogen) atoms. The second kappa shape index (κ2) is 8.18. The standard InChI is InChI=1S/C9H13O3P.BrH/c1-8(2)11-13-12-10-9-6-4-3-5-7-9;/h3-8,13H,1-2H3;1H. The summed E-state index contributed by atoms with van der Waals surface area (Å²) in [5.74, 6) is 0.683. The van der Waals surface area contributed by atoms with Crippen LogP contribution >= 0.6 is 26.0 Å². The van der Waals surface area contributed by atoms with Gasteiger partial charge >= 0.3 is 0 Å². The van der Waals surface area contributed by atoms with E-state index in [1.807, 2.05) is 44.2 Å². The number of benzene rings is 1. The molecule has 3 nitrogen and oxygen atoms in total. The molecule has 0 N–H and O–H groups in total. The van der Waals surface area contributed by atoms with Crippen LogP contribution in [0.15, 0.2) is 30.3 Å². The van der Waals surface area contributed by atoms with E-state index in [-0.39, 0.29) is 32.1 Å². The van der Waals surface area contributed by atoms with Gasteiger partial charge < -0.3 is 9.41 Å². The summed E-state index contributed by atoms with van der Waals surface area (Å²) in [5, 5.41) is 0. The summed E-state index contributed by atoms with van der Waals surface area (Å²) >= 11 is 0. The Morgan fingerprint density at radius 3 is 2.36 bits per heavy atom. The van der Waals surface area contributed by atoms with Crippen molar-refractivity contribution in [2.24, 2.45) is 0 Å². The molecule has 0 aliphatic rings. The third kappa shape index (κ3) is 6.33. The first-order valence-electron chi connectivity index (χ1n) is 4.08. The van der Waals surface area contributed by atoms with Crippen molar-refractivity contribution in [2.75, 3.05) is 0 Å². The van der Waals surface area contributed by atoms with Crippen LogP contribution in [0, 0.1) is 0 Å². The van der Waals surface area contributed by atoms with Crippen molar-refractivity contribution in [3.05, 3.63) is 30.3 Å². The summed E-state index contributed by atoms with van der Waals surface area (Å²) in [6.07, 6.45) is 0.165. The van der Waals surface area contributed by atoms with Crippen LogP contribution in [0.25, 0.3) is 0 Å². The van der Waals surface area contributed by atoms with Gasteiger partial charge in [0.05, 0.1) is 6.10 Å². The Kier molecular flexibility index (Phi) is 8.09. The van der Waals surface area contributed by atoms with Gasteiger partial charge in [0.2, 0.25) is 9.03 Å². The van der Waals surface area contributed by atoms with Crippen LogP contribution in [0.2, 0.25) is 0 Å². The lowest BCUT2D eigenvalue weighted by molar-refractivity contribution is -0.0969. The highest BCUT2D eigenvalue weighted by Gasteiger charge is 1.95. The maximum atomic E-state index is 5.14. The lowest BCUT2D eigenvalue weighted by Crippen LogP contribution is -1.95. The average Bonchev–Trinajstić information content (AvgIpc) is 2.14. The minimum absolute atomic E-state index is 0. The minimum atomic E-state index is -0.0841. The first kappa shape index (κ1) is 13.8. The molecule has 0 saturated carbocycles. The van der Waals surface area contributed by atoms with E-state index in [1.54, 1.807) is 0 Å². The molecular weight excluding hydrogens is 267 g/mol. The molecule has 0 fully saturated rings. The zero-order chi connectivity index (χ0) is 9.52. The molecule has 0 aliphatic heterocycles. The second-order valence-electron chi connectivity index (χ2n) is 2.73. The van der Waals surface area contributed by atoms with Gasteiger partial charge in [-0.05, 0) is 26.0 Å². The molecule has 1 atom stereocenters. The molecule has 1 rings (SSSR count). The molecule has 0 radical (unpaired) electrons. The Labute approximate surface area is 96.4 Å². The molecule has 1 unspecified atom stereocenters. The molecule has 0 heterocycles. The minimum Gasteiger partial charge on any atom is -0.332 e. The van der Waals surface area contributed by atoms with Gasteiger partial charge in [-0.3, -0.25) is 0 Å². The van der Waals surface area contributed by atoms with Gasteiger partial charge in [-0.2, -0.15) is 0 Å². The molecular formula is C9H14BrO3P. The summed E-state index contributed by atoms with van der Waals surface area (Å²) in [4.78, 5) is 4.94. The monoisotopic (exact) mass is 280 g/mol. The normalized spacial score (nSPS) is 10.5. The molecule has 80 valence electrons. The van der Waals surface area contributed by atoms with Crippen molar-refractivity contribution < 1.29 is 14.1 Å². The predicted molar refractivity (Wildman–Crippen MR) is 63.0 cm³/mol. The number of rotatable bonds is 5. The Morgan fingerprint density at radius 2 is 1.79 bits per heavy atom. The maximum absolute atomic E-state index is 5.14. The van der Waals surface area contributed by atoms with Crippen LogP contribution in [0.1, 0.15) is 13.8 Å². The zero-order valence-electron chi connectivity index (χ0n) is 8.10. The number of halogens is 1. The SMILES string of the molecule is Br.CC(C)OPOOc1ccccc1. The van der Waals surface area contributed by atoms with Gasteiger partial charge in [0, 0.05) is 0 Å². The first-order valence-corrected chi connectivity index (χ1v) is 4.90.